The minimum Gasteiger partial charge on any atom is -0.468 e. The smallest absolute Gasteiger partial charge is 0.117 e. The van der Waals surface area contributed by atoms with Crippen molar-refractivity contribution < 1.29 is 4.42 Å². The molecule has 3 heteroatoms. The third-order valence-corrected chi connectivity index (χ3v) is 4.20. The molecular weight excluding hydrogens is 206 g/mol. The molecule has 1 aliphatic rings. The summed E-state index contributed by atoms with van der Waals surface area (Å²) < 4.78 is 5.24. The van der Waals surface area contributed by atoms with E-state index in [0.29, 0.717) is 0 Å². The van der Waals surface area contributed by atoms with Crippen molar-refractivity contribution >= 4 is 11.8 Å². The maximum atomic E-state index is 5.24. The third-order valence-electron chi connectivity index (χ3n) is 2.81. The molecule has 1 N–H and O–H groups in total. The standard InChI is InChI=1S/C12H19NOS/c1-2-6-12(5-1)15-9-7-13-10-11-4-3-8-14-11/h3-4,8,12-13H,1-2,5-7,9-10H2. The summed E-state index contributed by atoms with van der Waals surface area (Å²) in [5, 5.41) is 4.34. The summed E-state index contributed by atoms with van der Waals surface area (Å²) in [7, 11) is 0. The van der Waals surface area contributed by atoms with Gasteiger partial charge in [-0.25, -0.2) is 0 Å². The molecule has 84 valence electrons. The molecule has 1 heterocycles. The zero-order chi connectivity index (χ0) is 10.3. The molecule has 1 aromatic heterocycles. The highest BCUT2D eigenvalue weighted by Crippen LogP contribution is 2.28. The Balaban J connectivity index is 1.48. The average molecular weight is 225 g/mol. The molecule has 0 amide bonds. The first kappa shape index (κ1) is 11.1. The predicted octanol–water partition coefficient (Wildman–Crippen LogP) is 3.05. The van der Waals surface area contributed by atoms with E-state index in [1.54, 1.807) is 6.26 Å². The minimum atomic E-state index is 0.859. The molecule has 0 bridgehead atoms. The van der Waals surface area contributed by atoms with Crippen LogP contribution in [0.4, 0.5) is 0 Å². The number of thioether (sulfide) groups is 1. The number of furan rings is 1. The molecule has 0 radical (unpaired) electrons. The number of rotatable bonds is 6. The zero-order valence-corrected chi connectivity index (χ0v) is 9.89. The first-order chi connectivity index (χ1) is 7.45. The van der Waals surface area contributed by atoms with E-state index in [9.17, 15) is 0 Å². The molecule has 2 nitrogen and oxygen atoms in total. The summed E-state index contributed by atoms with van der Waals surface area (Å²) >= 11 is 2.13. The summed E-state index contributed by atoms with van der Waals surface area (Å²) in [5.74, 6) is 2.26. The summed E-state index contributed by atoms with van der Waals surface area (Å²) in [6.07, 6.45) is 7.48. The average Bonchev–Trinajstić information content (AvgIpc) is 2.88. The van der Waals surface area contributed by atoms with Gasteiger partial charge in [-0.3, -0.25) is 0 Å². The second-order valence-electron chi connectivity index (χ2n) is 4.03. The van der Waals surface area contributed by atoms with E-state index in [1.165, 1.54) is 31.4 Å². The predicted molar refractivity (Wildman–Crippen MR) is 65.1 cm³/mol. The monoisotopic (exact) mass is 225 g/mol. The van der Waals surface area contributed by atoms with Crippen molar-refractivity contribution in [2.45, 2.75) is 37.5 Å². The van der Waals surface area contributed by atoms with E-state index < -0.39 is 0 Å². The lowest BCUT2D eigenvalue weighted by molar-refractivity contribution is 0.488. The summed E-state index contributed by atoms with van der Waals surface area (Å²) in [6.45, 7) is 1.94. The van der Waals surface area contributed by atoms with Crippen LogP contribution in [0.15, 0.2) is 22.8 Å². The van der Waals surface area contributed by atoms with Gasteiger partial charge < -0.3 is 9.73 Å². The Morgan fingerprint density at radius 3 is 3.00 bits per heavy atom. The van der Waals surface area contributed by atoms with Crippen LogP contribution >= 0.6 is 11.8 Å². The van der Waals surface area contributed by atoms with Gasteiger partial charge in [0.2, 0.25) is 0 Å². The van der Waals surface area contributed by atoms with E-state index in [0.717, 1.165) is 24.1 Å². The van der Waals surface area contributed by atoms with Gasteiger partial charge in [0.1, 0.15) is 5.76 Å². The molecule has 15 heavy (non-hydrogen) atoms. The molecule has 0 aliphatic heterocycles. The topological polar surface area (TPSA) is 25.2 Å². The minimum absolute atomic E-state index is 0.859. The molecule has 0 unspecified atom stereocenters. The van der Waals surface area contributed by atoms with Crippen LogP contribution in [-0.2, 0) is 6.54 Å². The van der Waals surface area contributed by atoms with Gasteiger partial charge in [-0.15, -0.1) is 0 Å². The van der Waals surface area contributed by atoms with Crippen LogP contribution in [0.5, 0.6) is 0 Å². The Morgan fingerprint density at radius 1 is 1.40 bits per heavy atom. The van der Waals surface area contributed by atoms with E-state index >= 15 is 0 Å². The summed E-state index contributed by atoms with van der Waals surface area (Å²) in [6, 6.07) is 3.95. The highest BCUT2D eigenvalue weighted by Gasteiger charge is 2.14. The molecule has 1 fully saturated rings. The van der Waals surface area contributed by atoms with Crippen LogP contribution < -0.4 is 5.32 Å². The van der Waals surface area contributed by atoms with Gasteiger partial charge in [-0.1, -0.05) is 12.8 Å². The normalized spacial score (nSPS) is 17.3. The van der Waals surface area contributed by atoms with Crippen molar-refractivity contribution in [1.29, 1.82) is 0 Å². The Hall–Kier alpha value is -0.410. The molecular formula is C12H19NOS. The van der Waals surface area contributed by atoms with Crippen LogP contribution in [0.25, 0.3) is 0 Å². The Kier molecular flexibility index (Phi) is 4.61. The van der Waals surface area contributed by atoms with Gasteiger partial charge in [-0.05, 0) is 25.0 Å². The lowest BCUT2D eigenvalue weighted by Gasteiger charge is -2.08. The Morgan fingerprint density at radius 2 is 2.27 bits per heavy atom. The second kappa shape index (κ2) is 6.23. The fraction of sp³-hybridized carbons (Fsp3) is 0.667. The molecule has 0 spiro atoms. The lowest BCUT2D eigenvalue weighted by Crippen LogP contribution is -2.17. The summed E-state index contributed by atoms with van der Waals surface area (Å²) in [5.41, 5.74) is 0. The van der Waals surface area contributed by atoms with Gasteiger partial charge in [0.05, 0.1) is 12.8 Å². The van der Waals surface area contributed by atoms with Gasteiger partial charge in [-0.2, -0.15) is 11.8 Å². The Labute approximate surface area is 95.8 Å². The molecule has 1 aromatic rings. The number of hydrogen-bond donors (Lipinski definition) is 1. The maximum Gasteiger partial charge on any atom is 0.117 e. The van der Waals surface area contributed by atoms with Gasteiger partial charge in [0.15, 0.2) is 0 Å². The Bertz CT molecular complexity index is 255. The highest BCUT2D eigenvalue weighted by atomic mass is 32.2. The molecule has 0 saturated heterocycles. The summed E-state index contributed by atoms with van der Waals surface area (Å²) in [4.78, 5) is 0. The number of nitrogens with one attached hydrogen (secondary N) is 1. The third kappa shape index (κ3) is 3.92. The lowest BCUT2D eigenvalue weighted by atomic mass is 10.4. The van der Waals surface area contributed by atoms with Gasteiger partial charge in [0.25, 0.3) is 0 Å². The van der Waals surface area contributed by atoms with Crippen molar-refractivity contribution in [3.05, 3.63) is 24.2 Å². The van der Waals surface area contributed by atoms with Gasteiger partial charge >= 0.3 is 0 Å². The molecule has 0 atom stereocenters. The number of hydrogen-bond acceptors (Lipinski definition) is 3. The molecule has 1 aliphatic carbocycles. The van der Waals surface area contributed by atoms with E-state index in [-0.39, 0.29) is 0 Å². The first-order valence-electron chi connectivity index (χ1n) is 5.80. The van der Waals surface area contributed by atoms with Crippen LogP contribution in [-0.4, -0.2) is 17.5 Å². The fourth-order valence-corrected chi connectivity index (χ4v) is 3.24. The van der Waals surface area contributed by atoms with E-state index in [4.69, 9.17) is 4.42 Å². The van der Waals surface area contributed by atoms with Crippen molar-refractivity contribution in [2.75, 3.05) is 12.3 Å². The fourth-order valence-electron chi connectivity index (χ4n) is 1.98. The van der Waals surface area contributed by atoms with Crippen molar-refractivity contribution in [1.82, 2.24) is 5.32 Å². The van der Waals surface area contributed by atoms with Crippen LogP contribution in [0, 0.1) is 0 Å². The SMILES string of the molecule is c1coc(CNCCSC2CCCC2)c1. The van der Waals surface area contributed by atoms with Crippen molar-refractivity contribution in [2.24, 2.45) is 0 Å². The van der Waals surface area contributed by atoms with Crippen LogP contribution in [0.2, 0.25) is 0 Å². The second-order valence-corrected chi connectivity index (χ2v) is 5.44. The largest absolute Gasteiger partial charge is 0.468 e. The van der Waals surface area contributed by atoms with Crippen molar-refractivity contribution in [3.63, 3.8) is 0 Å². The molecule has 0 aromatic carbocycles. The van der Waals surface area contributed by atoms with Crippen LogP contribution in [0.3, 0.4) is 0 Å². The van der Waals surface area contributed by atoms with Crippen LogP contribution in [0.1, 0.15) is 31.4 Å². The zero-order valence-electron chi connectivity index (χ0n) is 9.08. The molecule has 1 saturated carbocycles. The van der Waals surface area contributed by atoms with E-state index in [2.05, 4.69) is 17.1 Å². The van der Waals surface area contributed by atoms with Gasteiger partial charge in [0, 0.05) is 17.5 Å². The van der Waals surface area contributed by atoms with Crippen molar-refractivity contribution in [3.8, 4) is 0 Å². The highest BCUT2D eigenvalue weighted by molar-refractivity contribution is 7.99. The first-order valence-corrected chi connectivity index (χ1v) is 6.85. The maximum absolute atomic E-state index is 5.24. The molecule has 2 rings (SSSR count). The van der Waals surface area contributed by atoms with E-state index in [1.807, 2.05) is 12.1 Å². The quantitative estimate of drug-likeness (QED) is 0.753.